The number of hydrogen-bond acceptors (Lipinski definition) is 4. The minimum absolute atomic E-state index is 0. The maximum atomic E-state index is 13.0. The maximum Gasteiger partial charge on any atom is 1.00 e. The summed E-state index contributed by atoms with van der Waals surface area (Å²) in [7, 11) is 0. The van der Waals surface area contributed by atoms with E-state index in [2.05, 4.69) is 21.9 Å². The zero-order valence-electron chi connectivity index (χ0n) is 17.6. The minimum atomic E-state index is -0.507. The molecule has 3 heterocycles. The number of aromatic nitrogens is 6. The molecule has 0 saturated heterocycles. The van der Waals surface area contributed by atoms with E-state index in [4.69, 9.17) is 11.6 Å². The van der Waals surface area contributed by atoms with Gasteiger partial charge in [0.15, 0.2) is 0 Å². The second-order valence-electron chi connectivity index (χ2n) is 7.22. The first-order valence-corrected chi connectivity index (χ1v) is 10.4. The Kier molecular flexibility index (Phi) is 7.64. The Morgan fingerprint density at radius 1 is 1.00 bits per heavy atom. The molecule has 0 unspecified atom stereocenters. The van der Waals surface area contributed by atoms with Crippen molar-refractivity contribution >= 4 is 33.8 Å². The Bertz CT molecular complexity index is 1380. The summed E-state index contributed by atoms with van der Waals surface area (Å²) < 4.78 is 4.25. The molecule has 1 aromatic carbocycles. The number of imidazole rings is 2. The molecule has 0 aliphatic carbocycles. The Balaban J connectivity index is 0.00000272. The van der Waals surface area contributed by atoms with Gasteiger partial charge in [0.25, 0.3) is 5.56 Å². The van der Waals surface area contributed by atoms with E-state index in [1.807, 2.05) is 24.3 Å². The first kappa shape index (κ1) is 23.6. The molecule has 3 aromatic heterocycles. The fourth-order valence-corrected chi connectivity index (χ4v) is 3.89. The molecule has 0 amide bonds. The van der Waals surface area contributed by atoms with Gasteiger partial charge in [0.05, 0.1) is 11.0 Å². The van der Waals surface area contributed by atoms with Crippen LogP contribution in [-0.2, 0) is 19.6 Å². The van der Waals surface area contributed by atoms with Crippen LogP contribution in [0.1, 0.15) is 32.6 Å². The van der Waals surface area contributed by atoms with Crippen molar-refractivity contribution in [2.45, 2.75) is 52.2 Å². The molecule has 0 aliphatic rings. The quantitative estimate of drug-likeness (QED) is 0.212. The van der Waals surface area contributed by atoms with E-state index >= 15 is 0 Å². The normalized spacial score (nSPS) is 11.3. The van der Waals surface area contributed by atoms with Crippen LogP contribution in [0.15, 0.2) is 38.6 Å². The molecule has 4 aromatic rings. The van der Waals surface area contributed by atoms with Crippen LogP contribution in [-0.4, -0.2) is 23.7 Å². The number of rotatable bonds is 8. The van der Waals surface area contributed by atoms with Crippen molar-refractivity contribution in [3.05, 3.63) is 60.9 Å². The molecule has 0 fully saturated rings. The van der Waals surface area contributed by atoms with Crippen LogP contribution in [0.3, 0.4) is 0 Å². The van der Waals surface area contributed by atoms with Crippen molar-refractivity contribution in [2.75, 3.05) is 0 Å². The number of aromatic amines is 1. The predicted molar refractivity (Wildman–Crippen MR) is 115 cm³/mol. The van der Waals surface area contributed by atoms with Gasteiger partial charge in [-0.05, 0) is 25.0 Å². The molecule has 0 spiro atoms. The van der Waals surface area contributed by atoms with Crippen molar-refractivity contribution < 1.29 is 29.6 Å². The molecule has 0 bridgehead atoms. The molecule has 0 aliphatic heterocycles. The number of unbranched alkanes of at least 4 members (excludes halogenated alkanes) is 2. The van der Waals surface area contributed by atoms with Crippen LogP contribution in [0.2, 0.25) is 5.28 Å². The van der Waals surface area contributed by atoms with Crippen LogP contribution in [0, 0.1) is 0 Å². The molecule has 4 rings (SSSR count). The number of nitrogens with one attached hydrogen (secondary N) is 1. The summed E-state index contributed by atoms with van der Waals surface area (Å²) in [6, 6.07) is 7.40. The molecule has 31 heavy (non-hydrogen) atoms. The number of fused-ring (bicyclic) bond motifs is 2. The third-order valence-electron chi connectivity index (χ3n) is 5.21. The van der Waals surface area contributed by atoms with E-state index < -0.39 is 11.2 Å². The molecule has 0 radical (unpaired) electrons. The molecule has 0 saturated carbocycles. The Morgan fingerprint density at radius 2 is 1.71 bits per heavy atom. The van der Waals surface area contributed by atoms with Crippen LogP contribution >= 0.6 is 11.6 Å². The van der Waals surface area contributed by atoms with Crippen molar-refractivity contribution in [1.29, 1.82) is 0 Å². The van der Waals surface area contributed by atoms with Gasteiger partial charge in [0.1, 0.15) is 0 Å². The number of para-hydroxylation sites is 2. The van der Waals surface area contributed by atoms with Crippen molar-refractivity contribution in [3.63, 3.8) is 0 Å². The average molecular weight is 453 g/mol. The molecule has 1 N–H and O–H groups in total. The second kappa shape index (κ2) is 10.0. The summed E-state index contributed by atoms with van der Waals surface area (Å²) in [6.45, 7) is 3.05. The van der Waals surface area contributed by atoms with Crippen molar-refractivity contribution in [3.8, 4) is 0 Å². The molecular weight excluding hydrogens is 431 g/mol. The largest absolute Gasteiger partial charge is 1.00 e. The number of hydrogen-bond donors (Lipinski definition) is 1. The van der Waals surface area contributed by atoms with Gasteiger partial charge in [0, 0.05) is 36.1 Å². The SMILES string of the molecule is CCCCCn1c(=O)n(CCCn2c(=O)[nH]c3ccccc32)c(=O)c2[n-]c(Cl)nc21.[Na+]. The van der Waals surface area contributed by atoms with Crippen LogP contribution in [0.5, 0.6) is 0 Å². The first-order valence-electron chi connectivity index (χ1n) is 10.0. The number of nitrogens with zero attached hydrogens (tertiary/aromatic N) is 5. The standard InChI is InChI=1S/C20H23ClN6O3.Na/c1-2-3-6-10-26-16-15(23-18(21)24-16)17(28)27(20(26)30)12-7-11-25-14-9-5-4-8-13(14)22-19(25)29;/h4-5,8-9H,2-3,6-7,10-12H2,1H3,(H2,22,23,24,28,29);/q;+1/p-1. The van der Waals surface area contributed by atoms with Gasteiger partial charge in [-0.1, -0.05) is 43.5 Å². The van der Waals surface area contributed by atoms with Gasteiger partial charge in [-0.2, -0.15) is 0 Å². The zero-order valence-corrected chi connectivity index (χ0v) is 20.4. The molecule has 158 valence electrons. The predicted octanol–water partition coefficient (Wildman–Crippen LogP) is -0.904. The van der Waals surface area contributed by atoms with E-state index in [0.717, 1.165) is 30.3 Å². The van der Waals surface area contributed by atoms with Gasteiger partial charge < -0.3 is 15.0 Å². The summed E-state index contributed by atoms with van der Waals surface area (Å²) >= 11 is 5.91. The summed E-state index contributed by atoms with van der Waals surface area (Å²) in [5.74, 6) is 0. The van der Waals surface area contributed by atoms with Crippen LogP contribution < -0.4 is 51.5 Å². The Morgan fingerprint density at radius 3 is 2.48 bits per heavy atom. The zero-order chi connectivity index (χ0) is 21.3. The minimum Gasteiger partial charge on any atom is -0.420 e. The van der Waals surface area contributed by atoms with Crippen LogP contribution in [0.25, 0.3) is 22.2 Å². The van der Waals surface area contributed by atoms with E-state index in [-0.39, 0.29) is 58.2 Å². The Hall–Kier alpha value is -2.07. The molecule has 9 nitrogen and oxygen atoms in total. The number of H-pyrrole nitrogens is 1. The fourth-order valence-electron chi connectivity index (χ4n) is 3.72. The molecule has 11 heteroatoms. The third kappa shape index (κ3) is 4.59. The summed E-state index contributed by atoms with van der Waals surface area (Å²) in [4.78, 5) is 49.0. The van der Waals surface area contributed by atoms with Crippen molar-refractivity contribution in [1.82, 2.24) is 28.7 Å². The van der Waals surface area contributed by atoms with Gasteiger partial charge in [-0.25, -0.2) is 9.59 Å². The summed E-state index contributed by atoms with van der Waals surface area (Å²) in [5.41, 5.74) is 0.719. The number of halogens is 1. The number of aryl methyl sites for hydroxylation is 2. The fraction of sp³-hybridized carbons (Fsp3) is 0.400. The third-order valence-corrected chi connectivity index (χ3v) is 5.38. The smallest absolute Gasteiger partial charge is 0.420 e. The monoisotopic (exact) mass is 452 g/mol. The summed E-state index contributed by atoms with van der Waals surface area (Å²) in [5, 5.41) is -0.0474. The van der Waals surface area contributed by atoms with E-state index in [9.17, 15) is 14.4 Å². The van der Waals surface area contributed by atoms with Gasteiger partial charge >= 0.3 is 40.9 Å². The van der Waals surface area contributed by atoms with Gasteiger partial charge in [-0.15, -0.1) is 0 Å². The van der Waals surface area contributed by atoms with E-state index in [1.54, 1.807) is 4.57 Å². The first-order chi connectivity index (χ1) is 14.5. The molecule has 0 atom stereocenters. The van der Waals surface area contributed by atoms with E-state index in [0.29, 0.717) is 19.5 Å². The summed E-state index contributed by atoms with van der Waals surface area (Å²) in [6.07, 6.45) is 3.18. The van der Waals surface area contributed by atoms with Crippen LogP contribution in [0.4, 0.5) is 0 Å². The van der Waals surface area contributed by atoms with Gasteiger partial charge in [-0.3, -0.25) is 18.5 Å². The Labute approximate surface area is 204 Å². The topological polar surface area (TPSA) is 109 Å². The average Bonchev–Trinajstić information content (AvgIpc) is 3.27. The van der Waals surface area contributed by atoms with E-state index in [1.165, 1.54) is 9.13 Å². The van der Waals surface area contributed by atoms with Crippen molar-refractivity contribution in [2.24, 2.45) is 0 Å². The van der Waals surface area contributed by atoms with Gasteiger partial charge in [0.2, 0.25) is 0 Å². The second-order valence-corrected chi connectivity index (χ2v) is 7.55. The maximum absolute atomic E-state index is 13.0. The molecular formula is C20H22ClN6NaO3. The number of benzene rings is 1.